The second-order valence-corrected chi connectivity index (χ2v) is 3.54. The van der Waals surface area contributed by atoms with Crippen LogP contribution in [0.2, 0.25) is 0 Å². The summed E-state index contributed by atoms with van der Waals surface area (Å²) < 4.78 is 10.5. The van der Waals surface area contributed by atoms with Gasteiger partial charge in [-0.1, -0.05) is 0 Å². The summed E-state index contributed by atoms with van der Waals surface area (Å²) in [6.07, 6.45) is 1.61. The maximum atomic E-state index is 11.3. The minimum atomic E-state index is -0.423. The van der Waals surface area contributed by atoms with E-state index in [4.69, 9.17) is 10.5 Å². The molecular weight excluding hydrogens is 264 g/mol. The van der Waals surface area contributed by atoms with Gasteiger partial charge in [0, 0.05) is 6.54 Å². The van der Waals surface area contributed by atoms with Crippen molar-refractivity contribution in [2.45, 2.75) is 0 Å². The average molecular weight is 276 g/mol. The number of methoxy groups -OCH3 is 1. The maximum absolute atomic E-state index is 11.3. The number of hydrogen-bond acceptors (Lipinski definition) is 4. The van der Waals surface area contributed by atoms with Gasteiger partial charge in [0.1, 0.15) is 6.61 Å². The normalized spacial score (nSPS) is 9.80. The molecule has 1 aromatic rings. The van der Waals surface area contributed by atoms with Gasteiger partial charge in [-0.25, -0.2) is 4.79 Å². The van der Waals surface area contributed by atoms with Crippen LogP contribution in [0.1, 0.15) is 10.4 Å². The Balaban J connectivity index is 2.89. The second-order valence-electron chi connectivity index (χ2n) is 2.69. The van der Waals surface area contributed by atoms with Crippen LogP contribution in [0.4, 0.5) is 0 Å². The van der Waals surface area contributed by atoms with Crippen molar-refractivity contribution in [3.63, 3.8) is 0 Å². The number of H-pyrrole nitrogens is 1. The van der Waals surface area contributed by atoms with Gasteiger partial charge in [0.2, 0.25) is 0 Å². The summed E-state index contributed by atoms with van der Waals surface area (Å²) >= 11 is 3.23. The Bertz CT molecular complexity index is 357. The van der Waals surface area contributed by atoms with E-state index in [1.165, 1.54) is 7.11 Å². The van der Waals surface area contributed by atoms with E-state index in [0.29, 0.717) is 29.1 Å². The molecule has 5 nitrogen and oxygen atoms in total. The first-order valence-electron chi connectivity index (χ1n) is 4.31. The summed E-state index contributed by atoms with van der Waals surface area (Å²) in [6.45, 7) is 0.802. The molecule has 0 amide bonds. The number of aromatic nitrogens is 1. The zero-order valence-electron chi connectivity index (χ0n) is 8.25. The summed E-state index contributed by atoms with van der Waals surface area (Å²) in [6, 6.07) is 1.56. The molecule has 0 aliphatic carbocycles. The zero-order valence-corrected chi connectivity index (χ0v) is 9.83. The van der Waals surface area contributed by atoms with E-state index < -0.39 is 5.97 Å². The highest BCUT2D eigenvalue weighted by Crippen LogP contribution is 2.18. The minimum Gasteiger partial charge on any atom is -0.465 e. The number of ether oxygens (including phenoxy) is 2. The van der Waals surface area contributed by atoms with Crippen LogP contribution < -0.4 is 15.5 Å². The van der Waals surface area contributed by atoms with Crippen LogP contribution in [0.15, 0.2) is 16.7 Å². The molecule has 0 aliphatic heterocycles. The molecule has 0 fully saturated rings. The van der Waals surface area contributed by atoms with Crippen LogP contribution in [0, 0.1) is 0 Å². The van der Waals surface area contributed by atoms with Gasteiger partial charge in [-0.3, -0.25) is 0 Å². The average Bonchev–Trinajstić information content (AvgIpc) is 2.27. The molecule has 0 aromatic carbocycles. The van der Waals surface area contributed by atoms with E-state index in [9.17, 15) is 4.79 Å². The lowest BCUT2D eigenvalue weighted by Gasteiger charge is -2.02. The Morgan fingerprint density at radius 2 is 2.40 bits per heavy atom. The monoisotopic (exact) mass is 275 g/mol. The van der Waals surface area contributed by atoms with E-state index in [1.54, 1.807) is 12.3 Å². The number of carbonyl (C=O) groups excluding carboxylic acids is 1. The molecule has 0 aliphatic rings. The summed E-state index contributed by atoms with van der Waals surface area (Å²) in [5.41, 5.74) is 5.70. The van der Waals surface area contributed by atoms with Gasteiger partial charge < -0.3 is 15.2 Å². The van der Waals surface area contributed by atoms with Crippen molar-refractivity contribution in [1.82, 2.24) is 0 Å². The summed E-state index contributed by atoms with van der Waals surface area (Å²) in [5, 5.41) is 0. The van der Waals surface area contributed by atoms with Crippen LogP contribution in [0.5, 0.6) is 5.88 Å². The first kappa shape index (κ1) is 11.9. The predicted octanol–water partition coefficient (Wildman–Crippen LogP) is 0.387. The highest BCUT2D eigenvalue weighted by molar-refractivity contribution is 9.10. The highest BCUT2D eigenvalue weighted by Gasteiger charge is 2.16. The molecule has 0 bridgehead atoms. The Labute approximate surface area is 95.7 Å². The molecule has 1 aromatic heterocycles. The number of pyridine rings is 1. The smallest absolute Gasteiger partial charge is 0.367 e. The van der Waals surface area contributed by atoms with Gasteiger partial charge >= 0.3 is 11.8 Å². The molecule has 0 spiro atoms. The molecule has 1 rings (SSSR count). The number of nitrogens with two attached hydrogens (primary N) is 1. The molecule has 6 heteroatoms. The van der Waals surface area contributed by atoms with Gasteiger partial charge in [0.25, 0.3) is 0 Å². The first-order chi connectivity index (χ1) is 7.19. The Kier molecular flexibility index (Phi) is 4.51. The molecule has 3 N–H and O–H groups in total. The van der Waals surface area contributed by atoms with Crippen molar-refractivity contribution in [2.24, 2.45) is 5.73 Å². The van der Waals surface area contributed by atoms with Gasteiger partial charge in [0.05, 0.1) is 23.2 Å². The van der Waals surface area contributed by atoms with Gasteiger partial charge in [0.15, 0.2) is 6.20 Å². The van der Waals surface area contributed by atoms with Crippen LogP contribution >= 0.6 is 15.9 Å². The minimum absolute atomic E-state index is 0.388. The van der Waals surface area contributed by atoms with E-state index in [0.717, 1.165) is 0 Å². The Hall–Kier alpha value is -1.14. The van der Waals surface area contributed by atoms with Crippen LogP contribution in [-0.2, 0) is 4.74 Å². The molecule has 1 heterocycles. The predicted molar refractivity (Wildman–Crippen MR) is 56.6 cm³/mol. The third-order valence-corrected chi connectivity index (χ3v) is 2.31. The van der Waals surface area contributed by atoms with E-state index >= 15 is 0 Å². The number of nitrogens with one attached hydrogen (secondary N) is 1. The molecule has 82 valence electrons. The van der Waals surface area contributed by atoms with Crippen molar-refractivity contribution >= 4 is 21.9 Å². The van der Waals surface area contributed by atoms with E-state index in [1.807, 2.05) is 0 Å². The third kappa shape index (κ3) is 3.17. The fourth-order valence-electron chi connectivity index (χ4n) is 0.973. The number of halogens is 1. The second kappa shape index (κ2) is 5.67. The van der Waals surface area contributed by atoms with Crippen LogP contribution in [0.25, 0.3) is 0 Å². The summed E-state index contributed by atoms with van der Waals surface area (Å²) in [7, 11) is 1.33. The van der Waals surface area contributed by atoms with Crippen molar-refractivity contribution < 1.29 is 19.3 Å². The molecule has 0 saturated heterocycles. The largest absolute Gasteiger partial charge is 0.465 e. The number of hydrogen-bond donors (Lipinski definition) is 1. The zero-order chi connectivity index (χ0) is 11.3. The quantitative estimate of drug-likeness (QED) is 0.807. The fourth-order valence-corrected chi connectivity index (χ4v) is 1.36. The number of esters is 1. The number of rotatable bonds is 4. The molecule has 0 radical (unpaired) electrons. The molecule has 15 heavy (non-hydrogen) atoms. The van der Waals surface area contributed by atoms with Crippen LogP contribution in [0.3, 0.4) is 0 Å². The SMILES string of the molecule is COC(=O)c1cc(OCCN)[nH+]cc1Br. The lowest BCUT2D eigenvalue weighted by molar-refractivity contribution is -0.395. The maximum Gasteiger partial charge on any atom is 0.367 e. The summed E-state index contributed by atoms with van der Waals surface area (Å²) in [5.74, 6) is 0.0533. The standard InChI is InChI=1S/C9H11BrN2O3/c1-14-9(13)6-4-8(15-3-2-11)12-5-7(6)10/h4-5H,2-3,11H2,1H3/p+1. The number of carbonyl (C=O) groups is 1. The van der Waals surface area contributed by atoms with Crippen molar-refractivity contribution in [3.8, 4) is 5.88 Å². The molecule has 0 atom stereocenters. The Morgan fingerprint density at radius 1 is 1.67 bits per heavy atom. The van der Waals surface area contributed by atoms with Crippen LogP contribution in [-0.4, -0.2) is 26.2 Å². The third-order valence-electron chi connectivity index (χ3n) is 1.65. The van der Waals surface area contributed by atoms with Crippen molar-refractivity contribution in [2.75, 3.05) is 20.3 Å². The molecular formula is C9H12BrN2O3+. The van der Waals surface area contributed by atoms with Gasteiger partial charge in [-0.05, 0) is 15.9 Å². The molecule has 0 saturated carbocycles. The first-order valence-corrected chi connectivity index (χ1v) is 5.10. The van der Waals surface area contributed by atoms with Crippen molar-refractivity contribution in [3.05, 3.63) is 22.3 Å². The topological polar surface area (TPSA) is 75.7 Å². The van der Waals surface area contributed by atoms with E-state index in [2.05, 4.69) is 25.7 Å². The highest BCUT2D eigenvalue weighted by atomic mass is 79.9. The lowest BCUT2D eigenvalue weighted by atomic mass is 10.3. The van der Waals surface area contributed by atoms with Crippen molar-refractivity contribution in [1.29, 1.82) is 0 Å². The molecule has 0 unspecified atom stereocenters. The Morgan fingerprint density at radius 3 is 3.00 bits per heavy atom. The van der Waals surface area contributed by atoms with E-state index in [-0.39, 0.29) is 0 Å². The summed E-state index contributed by atoms with van der Waals surface area (Å²) in [4.78, 5) is 14.2. The van der Waals surface area contributed by atoms with Gasteiger partial charge in [-0.2, -0.15) is 4.98 Å². The fraction of sp³-hybridized carbons (Fsp3) is 0.333. The lowest BCUT2D eigenvalue weighted by Crippen LogP contribution is -2.17. The van der Waals surface area contributed by atoms with Gasteiger partial charge in [-0.15, -0.1) is 0 Å². The number of aromatic amines is 1.